The van der Waals surface area contributed by atoms with Crippen LogP contribution in [-0.4, -0.2) is 44.3 Å². The number of anilines is 1. The molecule has 0 saturated carbocycles. The highest BCUT2D eigenvalue weighted by Gasteiger charge is 2.36. The third-order valence-corrected chi connectivity index (χ3v) is 10.4. The SMILES string of the molecule is CCNC(=O)[C@@H](Cc1ccccc1)N(Cc1c(Cl)cccc1Cl)C(=O)CN(c1cccc(Cl)c1Cl)S(=O)(=O)c1ccc(C)cc1. The second-order valence-electron chi connectivity index (χ2n) is 10.2. The van der Waals surface area contributed by atoms with Crippen LogP contribution in [-0.2, 0) is 32.6 Å². The van der Waals surface area contributed by atoms with E-state index < -0.39 is 34.4 Å². The van der Waals surface area contributed by atoms with Gasteiger partial charge < -0.3 is 10.2 Å². The van der Waals surface area contributed by atoms with Crippen LogP contribution in [0, 0.1) is 6.92 Å². The summed E-state index contributed by atoms with van der Waals surface area (Å²) in [7, 11) is -4.35. The van der Waals surface area contributed by atoms with Crippen LogP contribution in [0.1, 0.15) is 23.6 Å². The molecule has 0 fully saturated rings. The first-order valence-corrected chi connectivity index (χ1v) is 17.0. The van der Waals surface area contributed by atoms with E-state index in [4.69, 9.17) is 46.4 Å². The Morgan fingerprint density at radius 1 is 0.800 bits per heavy atom. The van der Waals surface area contributed by atoms with E-state index in [1.807, 2.05) is 37.3 Å². The van der Waals surface area contributed by atoms with Crippen molar-refractivity contribution in [3.63, 3.8) is 0 Å². The molecule has 0 aliphatic carbocycles. The van der Waals surface area contributed by atoms with Crippen molar-refractivity contribution in [1.29, 1.82) is 0 Å². The van der Waals surface area contributed by atoms with Crippen molar-refractivity contribution < 1.29 is 18.0 Å². The largest absolute Gasteiger partial charge is 0.355 e. The molecule has 0 heterocycles. The van der Waals surface area contributed by atoms with Crippen LogP contribution >= 0.6 is 46.4 Å². The lowest BCUT2D eigenvalue weighted by Crippen LogP contribution is -2.53. The summed E-state index contributed by atoms with van der Waals surface area (Å²) in [5, 5.41) is 3.45. The van der Waals surface area contributed by atoms with Crippen LogP contribution in [0.2, 0.25) is 20.1 Å². The number of likely N-dealkylation sites (N-methyl/N-ethyl adjacent to an activating group) is 1. The molecule has 2 amide bonds. The summed E-state index contributed by atoms with van der Waals surface area (Å²) in [6.07, 6.45) is 0.142. The van der Waals surface area contributed by atoms with Gasteiger partial charge in [0.1, 0.15) is 12.6 Å². The maximum absolute atomic E-state index is 14.5. The minimum Gasteiger partial charge on any atom is -0.355 e. The molecular formula is C33H31Cl4N3O4S. The molecular weight excluding hydrogens is 676 g/mol. The number of halogens is 4. The molecule has 1 atom stereocenters. The number of hydrogen-bond acceptors (Lipinski definition) is 4. The normalized spacial score (nSPS) is 12.0. The van der Waals surface area contributed by atoms with Crippen LogP contribution in [0.15, 0.2) is 95.9 Å². The third-order valence-electron chi connectivity index (χ3n) is 7.10. The molecule has 4 aromatic carbocycles. The lowest BCUT2D eigenvalue weighted by Gasteiger charge is -2.34. The van der Waals surface area contributed by atoms with Gasteiger partial charge in [-0.15, -0.1) is 0 Å². The van der Waals surface area contributed by atoms with E-state index in [2.05, 4.69) is 5.32 Å². The van der Waals surface area contributed by atoms with E-state index in [1.54, 1.807) is 43.3 Å². The Bertz CT molecular complexity index is 1750. The molecule has 0 saturated heterocycles. The average Bonchev–Trinajstić information content (AvgIpc) is 3.01. The molecule has 1 N–H and O–H groups in total. The molecule has 0 aliphatic heterocycles. The van der Waals surface area contributed by atoms with Gasteiger partial charge in [0, 0.05) is 35.1 Å². The van der Waals surface area contributed by atoms with Crippen LogP contribution in [0.4, 0.5) is 5.69 Å². The van der Waals surface area contributed by atoms with Gasteiger partial charge in [-0.3, -0.25) is 13.9 Å². The topological polar surface area (TPSA) is 86.8 Å². The Labute approximate surface area is 283 Å². The number of nitrogens with zero attached hydrogens (tertiary/aromatic N) is 2. The van der Waals surface area contributed by atoms with Crippen molar-refractivity contribution in [2.45, 2.75) is 37.8 Å². The van der Waals surface area contributed by atoms with E-state index in [9.17, 15) is 18.0 Å². The van der Waals surface area contributed by atoms with Crippen molar-refractivity contribution >= 4 is 73.9 Å². The summed E-state index contributed by atoms with van der Waals surface area (Å²) < 4.78 is 29.2. The lowest BCUT2D eigenvalue weighted by molar-refractivity contribution is -0.140. The summed E-state index contributed by atoms with van der Waals surface area (Å²) >= 11 is 25.9. The Balaban J connectivity index is 1.86. The number of sulfonamides is 1. The van der Waals surface area contributed by atoms with Gasteiger partial charge in [0.15, 0.2) is 0 Å². The monoisotopic (exact) mass is 705 g/mol. The molecule has 0 aliphatic rings. The molecule has 0 aromatic heterocycles. The smallest absolute Gasteiger partial charge is 0.264 e. The van der Waals surface area contributed by atoms with Crippen molar-refractivity contribution in [1.82, 2.24) is 10.2 Å². The van der Waals surface area contributed by atoms with Crippen molar-refractivity contribution in [2.75, 3.05) is 17.4 Å². The molecule has 4 aromatic rings. The Kier molecular flexibility index (Phi) is 11.8. The zero-order chi connectivity index (χ0) is 32.7. The van der Waals surface area contributed by atoms with E-state index >= 15 is 0 Å². The van der Waals surface area contributed by atoms with Gasteiger partial charge in [0.2, 0.25) is 11.8 Å². The highest BCUT2D eigenvalue weighted by atomic mass is 35.5. The predicted molar refractivity (Wildman–Crippen MR) is 182 cm³/mol. The van der Waals surface area contributed by atoms with Crippen LogP contribution in [0.5, 0.6) is 0 Å². The number of hydrogen-bond donors (Lipinski definition) is 1. The molecule has 0 unspecified atom stereocenters. The quantitative estimate of drug-likeness (QED) is 0.165. The fraction of sp³-hybridized carbons (Fsp3) is 0.212. The summed E-state index contributed by atoms with van der Waals surface area (Å²) in [5.74, 6) is -1.11. The summed E-state index contributed by atoms with van der Waals surface area (Å²) in [4.78, 5) is 29.4. The van der Waals surface area contributed by atoms with Crippen molar-refractivity contribution in [2.24, 2.45) is 0 Å². The van der Waals surface area contributed by atoms with Gasteiger partial charge in [-0.1, -0.05) is 107 Å². The number of aryl methyl sites for hydroxylation is 1. The highest BCUT2D eigenvalue weighted by Crippen LogP contribution is 2.36. The molecule has 12 heteroatoms. The predicted octanol–water partition coefficient (Wildman–Crippen LogP) is 7.58. The maximum Gasteiger partial charge on any atom is 0.264 e. The van der Waals surface area contributed by atoms with E-state index in [1.165, 1.54) is 29.2 Å². The van der Waals surface area contributed by atoms with Gasteiger partial charge in [-0.25, -0.2) is 8.42 Å². The maximum atomic E-state index is 14.5. The van der Waals surface area contributed by atoms with Crippen LogP contribution in [0.25, 0.3) is 0 Å². The number of carbonyl (C=O) groups is 2. The lowest BCUT2D eigenvalue weighted by atomic mass is 10.0. The molecule has 4 rings (SSSR count). The number of rotatable bonds is 12. The molecule has 0 spiro atoms. The molecule has 0 radical (unpaired) electrons. The minimum atomic E-state index is -4.35. The van der Waals surface area contributed by atoms with E-state index in [0.717, 1.165) is 15.4 Å². The van der Waals surface area contributed by atoms with Gasteiger partial charge >= 0.3 is 0 Å². The molecule has 0 bridgehead atoms. The summed E-state index contributed by atoms with van der Waals surface area (Å²) in [6, 6.07) is 23.8. The van der Waals surface area contributed by atoms with Crippen LogP contribution in [0.3, 0.4) is 0 Å². The first kappa shape index (κ1) is 34.6. The second kappa shape index (κ2) is 15.3. The van der Waals surface area contributed by atoms with Gasteiger partial charge in [-0.05, 0) is 55.8 Å². The van der Waals surface area contributed by atoms with Crippen molar-refractivity contribution in [3.8, 4) is 0 Å². The van der Waals surface area contributed by atoms with E-state index in [0.29, 0.717) is 12.1 Å². The van der Waals surface area contributed by atoms with Gasteiger partial charge in [0.25, 0.3) is 10.0 Å². The standard InChI is InChI=1S/C33H31Cl4N3O4S/c1-3-38-33(42)30(19-23-9-5-4-6-10-23)39(20-25-26(34)11-7-12-27(25)35)31(41)21-40(29-14-8-13-28(36)32(29)37)45(43,44)24-17-15-22(2)16-18-24/h4-18,30H,3,19-21H2,1-2H3,(H,38,42)/t30-/m1/s1. The first-order valence-electron chi connectivity index (χ1n) is 14.0. The number of amides is 2. The Morgan fingerprint density at radius 2 is 1.40 bits per heavy atom. The fourth-order valence-electron chi connectivity index (χ4n) is 4.74. The summed E-state index contributed by atoms with van der Waals surface area (Å²) in [5.41, 5.74) is 2.06. The zero-order valence-electron chi connectivity index (χ0n) is 24.5. The number of nitrogens with one attached hydrogen (secondary N) is 1. The average molecular weight is 708 g/mol. The third kappa shape index (κ3) is 8.31. The molecule has 45 heavy (non-hydrogen) atoms. The highest BCUT2D eigenvalue weighted by molar-refractivity contribution is 7.92. The Hall–Kier alpha value is -3.27. The second-order valence-corrected chi connectivity index (χ2v) is 13.7. The van der Waals surface area contributed by atoms with Crippen molar-refractivity contribution in [3.05, 3.63) is 128 Å². The fourth-order valence-corrected chi connectivity index (χ4v) is 7.13. The number of benzene rings is 4. The first-order chi connectivity index (χ1) is 21.4. The van der Waals surface area contributed by atoms with Crippen LogP contribution < -0.4 is 9.62 Å². The summed E-state index contributed by atoms with van der Waals surface area (Å²) in [6.45, 7) is 3.03. The van der Waals surface area contributed by atoms with E-state index in [-0.39, 0.29) is 43.6 Å². The van der Waals surface area contributed by atoms with Gasteiger partial charge in [-0.2, -0.15) is 0 Å². The van der Waals surface area contributed by atoms with Gasteiger partial charge in [0.05, 0.1) is 20.6 Å². The Morgan fingerprint density at radius 3 is 2.02 bits per heavy atom. The molecule has 7 nitrogen and oxygen atoms in total. The molecule has 236 valence electrons. The minimum absolute atomic E-state index is 0.00596. The zero-order valence-corrected chi connectivity index (χ0v) is 28.4. The number of carbonyl (C=O) groups excluding carboxylic acids is 2.